The molecule has 0 saturated heterocycles. The second-order valence-corrected chi connectivity index (χ2v) is 4.84. The molecule has 2 aromatic rings. The fraction of sp³-hybridized carbons (Fsp3) is 0.200. The Kier molecular flexibility index (Phi) is 3.48. The molecular weight excluding hydrogens is 246 g/mol. The van der Waals surface area contributed by atoms with E-state index in [-0.39, 0.29) is 0 Å². The van der Waals surface area contributed by atoms with Crippen molar-refractivity contribution in [2.75, 3.05) is 5.73 Å². The molecule has 0 aromatic heterocycles. The number of anilines is 1. The molecule has 3 heteroatoms. The zero-order chi connectivity index (χ0) is 13.3. The number of halogens is 1. The van der Waals surface area contributed by atoms with E-state index in [1.807, 2.05) is 51.1 Å². The van der Waals surface area contributed by atoms with E-state index >= 15 is 0 Å². The van der Waals surface area contributed by atoms with Crippen molar-refractivity contribution < 1.29 is 4.74 Å². The number of nitrogens with two attached hydrogens (primary N) is 1. The van der Waals surface area contributed by atoms with Gasteiger partial charge in [-0.05, 0) is 55.7 Å². The number of hydrogen-bond acceptors (Lipinski definition) is 2. The zero-order valence-corrected chi connectivity index (χ0v) is 11.5. The molecule has 0 aliphatic carbocycles. The van der Waals surface area contributed by atoms with Crippen LogP contribution in [-0.4, -0.2) is 0 Å². The quantitative estimate of drug-likeness (QED) is 0.800. The molecule has 0 amide bonds. The molecule has 2 nitrogen and oxygen atoms in total. The Morgan fingerprint density at radius 2 is 1.61 bits per heavy atom. The van der Waals surface area contributed by atoms with E-state index in [1.54, 1.807) is 0 Å². The van der Waals surface area contributed by atoms with Gasteiger partial charge < -0.3 is 10.5 Å². The summed E-state index contributed by atoms with van der Waals surface area (Å²) in [6.07, 6.45) is 0. The third-order valence-electron chi connectivity index (χ3n) is 2.92. The molecular formula is C15H16ClNO. The van der Waals surface area contributed by atoms with E-state index in [9.17, 15) is 0 Å². The highest BCUT2D eigenvalue weighted by Gasteiger charge is 2.07. The number of ether oxygens (including phenoxy) is 1. The molecule has 0 bridgehead atoms. The summed E-state index contributed by atoms with van der Waals surface area (Å²) in [6, 6.07) is 9.58. The average Bonchev–Trinajstić information content (AvgIpc) is 2.32. The summed E-state index contributed by atoms with van der Waals surface area (Å²) < 4.78 is 5.82. The van der Waals surface area contributed by atoms with Crippen LogP contribution in [0.2, 0.25) is 5.02 Å². The van der Waals surface area contributed by atoms with Crippen molar-refractivity contribution in [1.29, 1.82) is 0 Å². The van der Waals surface area contributed by atoms with E-state index in [1.165, 1.54) is 0 Å². The molecule has 0 heterocycles. The van der Waals surface area contributed by atoms with E-state index < -0.39 is 0 Å². The van der Waals surface area contributed by atoms with Crippen molar-refractivity contribution in [3.8, 4) is 11.5 Å². The number of nitrogen functional groups attached to an aromatic ring is 1. The number of aryl methyl sites for hydroxylation is 3. The van der Waals surface area contributed by atoms with Crippen molar-refractivity contribution in [2.24, 2.45) is 0 Å². The van der Waals surface area contributed by atoms with E-state index in [0.717, 1.165) is 27.5 Å². The highest BCUT2D eigenvalue weighted by atomic mass is 35.5. The second kappa shape index (κ2) is 4.91. The summed E-state index contributed by atoms with van der Waals surface area (Å²) in [6.45, 7) is 5.88. The molecule has 2 rings (SSSR count). The summed E-state index contributed by atoms with van der Waals surface area (Å²) in [5.74, 6) is 1.43. The first kappa shape index (κ1) is 12.8. The lowest BCUT2D eigenvalue weighted by Crippen LogP contribution is -1.95. The fourth-order valence-electron chi connectivity index (χ4n) is 1.83. The van der Waals surface area contributed by atoms with Gasteiger partial charge in [0.15, 0.2) is 5.75 Å². The highest BCUT2D eigenvalue weighted by molar-refractivity contribution is 6.32. The van der Waals surface area contributed by atoms with E-state index in [0.29, 0.717) is 11.4 Å². The fourth-order valence-corrected chi connectivity index (χ4v) is 1.94. The van der Waals surface area contributed by atoms with Crippen LogP contribution in [0.1, 0.15) is 16.7 Å². The Morgan fingerprint density at radius 3 is 2.22 bits per heavy atom. The Morgan fingerprint density at radius 1 is 1.00 bits per heavy atom. The van der Waals surface area contributed by atoms with Crippen molar-refractivity contribution in [1.82, 2.24) is 0 Å². The predicted octanol–water partition coefficient (Wildman–Crippen LogP) is 4.64. The maximum atomic E-state index is 6.13. The SMILES string of the molecule is Cc1cccc(Oc2cc(C)c(Cl)c(C)c2)c1N. The summed E-state index contributed by atoms with van der Waals surface area (Å²) >= 11 is 6.13. The van der Waals surface area contributed by atoms with Gasteiger partial charge in [-0.3, -0.25) is 0 Å². The van der Waals surface area contributed by atoms with Gasteiger partial charge in [0.2, 0.25) is 0 Å². The number of benzene rings is 2. The summed E-state index contributed by atoms with van der Waals surface area (Å²) in [7, 11) is 0. The molecule has 0 saturated carbocycles. The zero-order valence-electron chi connectivity index (χ0n) is 10.8. The van der Waals surface area contributed by atoms with Gasteiger partial charge in [0.1, 0.15) is 5.75 Å². The van der Waals surface area contributed by atoms with Crippen LogP contribution in [0.4, 0.5) is 5.69 Å². The average molecular weight is 262 g/mol. The summed E-state index contributed by atoms with van der Waals surface area (Å²) in [5, 5.41) is 0.777. The van der Waals surface area contributed by atoms with Crippen molar-refractivity contribution in [2.45, 2.75) is 20.8 Å². The van der Waals surface area contributed by atoms with E-state index in [2.05, 4.69) is 0 Å². The van der Waals surface area contributed by atoms with Gasteiger partial charge in [0.05, 0.1) is 5.69 Å². The van der Waals surface area contributed by atoms with Gasteiger partial charge >= 0.3 is 0 Å². The lowest BCUT2D eigenvalue weighted by Gasteiger charge is -2.12. The lowest BCUT2D eigenvalue weighted by atomic mass is 10.1. The molecule has 0 fully saturated rings. The van der Waals surface area contributed by atoms with Crippen LogP contribution in [0.25, 0.3) is 0 Å². The van der Waals surface area contributed by atoms with Gasteiger partial charge in [0, 0.05) is 5.02 Å². The molecule has 0 spiro atoms. The van der Waals surface area contributed by atoms with Crippen LogP contribution in [0.15, 0.2) is 30.3 Å². The molecule has 0 unspecified atom stereocenters. The number of hydrogen-bond donors (Lipinski definition) is 1. The Hall–Kier alpha value is -1.67. The van der Waals surface area contributed by atoms with Crippen molar-refractivity contribution in [3.63, 3.8) is 0 Å². The summed E-state index contributed by atoms with van der Waals surface area (Å²) in [5.41, 5.74) is 9.66. The third-order valence-corrected chi connectivity index (χ3v) is 3.52. The Balaban J connectivity index is 2.37. The molecule has 2 aromatic carbocycles. The minimum Gasteiger partial charge on any atom is -0.455 e. The van der Waals surface area contributed by atoms with Crippen LogP contribution in [0.5, 0.6) is 11.5 Å². The Labute approximate surface area is 112 Å². The minimum absolute atomic E-state index is 0.669. The van der Waals surface area contributed by atoms with Crippen molar-refractivity contribution in [3.05, 3.63) is 52.0 Å². The van der Waals surface area contributed by atoms with Crippen LogP contribution < -0.4 is 10.5 Å². The van der Waals surface area contributed by atoms with Gasteiger partial charge in [-0.15, -0.1) is 0 Å². The molecule has 2 N–H and O–H groups in total. The van der Waals surface area contributed by atoms with Gasteiger partial charge in [-0.2, -0.15) is 0 Å². The molecule has 0 aliphatic rings. The first-order chi connectivity index (χ1) is 8.49. The summed E-state index contributed by atoms with van der Waals surface area (Å²) in [4.78, 5) is 0. The van der Waals surface area contributed by atoms with Crippen LogP contribution in [0, 0.1) is 20.8 Å². The van der Waals surface area contributed by atoms with Gasteiger partial charge in [-0.1, -0.05) is 23.7 Å². The number of rotatable bonds is 2. The topological polar surface area (TPSA) is 35.2 Å². The molecule has 0 radical (unpaired) electrons. The smallest absolute Gasteiger partial charge is 0.150 e. The van der Waals surface area contributed by atoms with Gasteiger partial charge in [0.25, 0.3) is 0 Å². The largest absolute Gasteiger partial charge is 0.455 e. The molecule has 0 atom stereocenters. The monoisotopic (exact) mass is 261 g/mol. The predicted molar refractivity (Wildman–Crippen MR) is 76.6 cm³/mol. The van der Waals surface area contributed by atoms with Crippen LogP contribution in [0.3, 0.4) is 0 Å². The first-order valence-corrected chi connectivity index (χ1v) is 6.16. The lowest BCUT2D eigenvalue weighted by molar-refractivity contribution is 0.484. The Bertz CT molecular complexity index is 570. The van der Waals surface area contributed by atoms with Gasteiger partial charge in [-0.25, -0.2) is 0 Å². The second-order valence-electron chi connectivity index (χ2n) is 4.46. The highest BCUT2D eigenvalue weighted by Crippen LogP contribution is 2.32. The van der Waals surface area contributed by atoms with Crippen LogP contribution in [-0.2, 0) is 0 Å². The maximum absolute atomic E-state index is 6.13. The molecule has 18 heavy (non-hydrogen) atoms. The third kappa shape index (κ3) is 2.44. The minimum atomic E-state index is 0.669. The molecule has 94 valence electrons. The van der Waals surface area contributed by atoms with E-state index in [4.69, 9.17) is 22.1 Å². The van der Waals surface area contributed by atoms with Crippen molar-refractivity contribution >= 4 is 17.3 Å². The maximum Gasteiger partial charge on any atom is 0.150 e. The number of para-hydroxylation sites is 1. The standard InChI is InChI=1S/C15H16ClNO/c1-9-5-4-6-13(15(9)17)18-12-7-10(2)14(16)11(3)8-12/h4-8H,17H2,1-3H3. The molecule has 0 aliphatic heterocycles. The normalized spacial score (nSPS) is 10.4. The first-order valence-electron chi connectivity index (χ1n) is 5.78. The van der Waals surface area contributed by atoms with Crippen LogP contribution >= 0.6 is 11.6 Å².